The van der Waals surface area contributed by atoms with Gasteiger partial charge in [0.25, 0.3) is 5.91 Å². The van der Waals surface area contributed by atoms with Crippen molar-refractivity contribution in [2.24, 2.45) is 5.73 Å². The average molecular weight is 379 g/mol. The number of nitrogens with one attached hydrogen (secondary N) is 1. The number of benzene rings is 2. The first kappa shape index (κ1) is 19.5. The fourth-order valence-electron chi connectivity index (χ4n) is 2.78. The number of amides is 1. The molecule has 5 nitrogen and oxygen atoms in total. The molecule has 0 unspecified atom stereocenters. The number of rotatable bonds is 8. The van der Waals surface area contributed by atoms with E-state index in [9.17, 15) is 9.18 Å². The van der Waals surface area contributed by atoms with E-state index in [1.807, 2.05) is 6.07 Å². The van der Waals surface area contributed by atoms with Gasteiger partial charge in [0.15, 0.2) is 11.6 Å². The summed E-state index contributed by atoms with van der Waals surface area (Å²) in [5.41, 5.74) is 8.61. The van der Waals surface area contributed by atoms with Crippen LogP contribution in [0.25, 0.3) is 0 Å². The highest BCUT2D eigenvalue weighted by Crippen LogP contribution is 2.24. The Morgan fingerprint density at radius 1 is 1.14 bits per heavy atom. The number of aryl methyl sites for hydroxylation is 1. The zero-order chi connectivity index (χ0) is 19.9. The maximum absolute atomic E-state index is 14.3. The fraction of sp³-hybridized carbons (Fsp3) is 0.182. The summed E-state index contributed by atoms with van der Waals surface area (Å²) in [5.74, 6) is -0.668. The molecular formula is C22H22FN3O2. The molecule has 0 radical (unpaired) electrons. The van der Waals surface area contributed by atoms with Crippen molar-refractivity contribution in [1.82, 2.24) is 10.3 Å². The molecule has 144 valence electrons. The Morgan fingerprint density at radius 2 is 2.00 bits per heavy atom. The first-order chi connectivity index (χ1) is 13.5. The molecule has 0 bridgehead atoms. The van der Waals surface area contributed by atoms with Crippen LogP contribution in [0, 0.1) is 12.7 Å². The fourth-order valence-corrected chi connectivity index (χ4v) is 2.78. The first-order valence-corrected chi connectivity index (χ1v) is 8.99. The molecule has 0 fully saturated rings. The van der Waals surface area contributed by atoms with E-state index in [4.69, 9.17) is 10.5 Å². The number of hydrogen-bond acceptors (Lipinski definition) is 4. The van der Waals surface area contributed by atoms with Crippen molar-refractivity contribution in [2.45, 2.75) is 19.9 Å². The lowest BCUT2D eigenvalue weighted by Gasteiger charge is -2.09. The summed E-state index contributed by atoms with van der Waals surface area (Å²) in [6.07, 6.45) is 2.25. The molecule has 0 aliphatic carbocycles. The molecule has 0 aliphatic rings. The molecule has 0 aliphatic heterocycles. The van der Waals surface area contributed by atoms with Crippen LogP contribution in [-0.4, -0.2) is 17.4 Å². The number of carbonyl (C=O) groups excluding carboxylic acids is 1. The molecule has 6 heteroatoms. The van der Waals surface area contributed by atoms with E-state index in [2.05, 4.69) is 41.5 Å². The summed E-state index contributed by atoms with van der Waals surface area (Å²) in [4.78, 5) is 14.9. The summed E-state index contributed by atoms with van der Waals surface area (Å²) in [6, 6.07) is 16.2. The van der Waals surface area contributed by atoms with Crippen LogP contribution in [0.1, 0.15) is 27.2 Å². The van der Waals surface area contributed by atoms with Gasteiger partial charge in [0, 0.05) is 6.54 Å². The number of ether oxygens (including phenoxy) is 1. The SMILES string of the molecule is Cc1cccc(CCNCc2ccc(Oc3ccc(C(N)=O)nc3)c(F)c2)c1. The third-order valence-corrected chi connectivity index (χ3v) is 4.21. The highest BCUT2D eigenvalue weighted by molar-refractivity contribution is 5.90. The normalized spacial score (nSPS) is 10.6. The van der Waals surface area contributed by atoms with Crippen molar-refractivity contribution in [3.63, 3.8) is 0 Å². The molecule has 3 aromatic rings. The smallest absolute Gasteiger partial charge is 0.267 e. The Kier molecular flexibility index (Phi) is 6.34. The minimum Gasteiger partial charge on any atom is -0.453 e. The largest absolute Gasteiger partial charge is 0.453 e. The van der Waals surface area contributed by atoms with Crippen molar-refractivity contribution in [2.75, 3.05) is 6.54 Å². The summed E-state index contributed by atoms with van der Waals surface area (Å²) >= 11 is 0. The lowest BCUT2D eigenvalue weighted by atomic mass is 10.1. The molecule has 1 heterocycles. The Balaban J connectivity index is 1.52. The van der Waals surface area contributed by atoms with Crippen LogP contribution in [0.3, 0.4) is 0 Å². The van der Waals surface area contributed by atoms with Gasteiger partial charge in [-0.1, -0.05) is 35.9 Å². The number of carbonyl (C=O) groups is 1. The van der Waals surface area contributed by atoms with Crippen LogP contribution in [0.4, 0.5) is 4.39 Å². The third-order valence-electron chi connectivity index (χ3n) is 4.21. The van der Waals surface area contributed by atoms with Gasteiger partial charge in [-0.2, -0.15) is 0 Å². The van der Waals surface area contributed by atoms with Crippen LogP contribution in [0.5, 0.6) is 11.5 Å². The maximum Gasteiger partial charge on any atom is 0.267 e. The Hall–Kier alpha value is -3.25. The molecule has 28 heavy (non-hydrogen) atoms. The molecule has 2 aromatic carbocycles. The molecule has 1 amide bonds. The topological polar surface area (TPSA) is 77.2 Å². The van der Waals surface area contributed by atoms with E-state index in [0.29, 0.717) is 12.3 Å². The Labute approximate surface area is 163 Å². The van der Waals surface area contributed by atoms with E-state index in [0.717, 1.165) is 18.5 Å². The van der Waals surface area contributed by atoms with E-state index < -0.39 is 11.7 Å². The van der Waals surface area contributed by atoms with Crippen LogP contribution in [-0.2, 0) is 13.0 Å². The summed E-state index contributed by atoms with van der Waals surface area (Å²) in [7, 11) is 0. The number of primary amides is 1. The molecule has 3 rings (SSSR count). The lowest BCUT2D eigenvalue weighted by molar-refractivity contribution is 0.0995. The zero-order valence-electron chi connectivity index (χ0n) is 15.6. The van der Waals surface area contributed by atoms with Crippen molar-refractivity contribution >= 4 is 5.91 Å². The number of nitrogens with zero attached hydrogens (tertiary/aromatic N) is 1. The third kappa shape index (κ3) is 5.37. The summed E-state index contributed by atoms with van der Waals surface area (Å²) in [5, 5.41) is 3.32. The van der Waals surface area contributed by atoms with Gasteiger partial charge >= 0.3 is 0 Å². The number of hydrogen-bond donors (Lipinski definition) is 2. The van der Waals surface area contributed by atoms with Crippen molar-refractivity contribution < 1.29 is 13.9 Å². The zero-order valence-corrected chi connectivity index (χ0v) is 15.6. The van der Waals surface area contributed by atoms with Gasteiger partial charge in [-0.15, -0.1) is 0 Å². The molecular weight excluding hydrogens is 357 g/mol. The van der Waals surface area contributed by atoms with Gasteiger partial charge < -0.3 is 15.8 Å². The van der Waals surface area contributed by atoms with Gasteiger partial charge in [-0.25, -0.2) is 9.37 Å². The van der Waals surface area contributed by atoms with Crippen molar-refractivity contribution in [3.8, 4) is 11.5 Å². The molecule has 3 N–H and O–H groups in total. The standard InChI is InChI=1S/C22H22FN3O2/c1-15-3-2-4-16(11-15)9-10-25-13-17-5-8-21(19(23)12-17)28-18-6-7-20(22(24)27)26-14-18/h2-8,11-12,14,25H,9-10,13H2,1H3,(H2,24,27). The minimum atomic E-state index is -0.628. The van der Waals surface area contributed by atoms with Gasteiger partial charge in [0.05, 0.1) is 6.20 Å². The molecule has 0 spiro atoms. The predicted molar refractivity (Wildman–Crippen MR) is 106 cm³/mol. The highest BCUT2D eigenvalue weighted by Gasteiger charge is 2.08. The molecule has 1 aromatic heterocycles. The molecule has 0 saturated heterocycles. The number of nitrogens with two attached hydrogens (primary N) is 1. The van der Waals surface area contributed by atoms with Crippen LogP contribution in [0.2, 0.25) is 0 Å². The quantitative estimate of drug-likeness (QED) is 0.585. The average Bonchev–Trinajstić information content (AvgIpc) is 2.68. The number of halogens is 1. The Bertz CT molecular complexity index is 958. The monoisotopic (exact) mass is 379 g/mol. The highest BCUT2D eigenvalue weighted by atomic mass is 19.1. The molecule has 0 atom stereocenters. The number of aromatic nitrogens is 1. The van der Waals surface area contributed by atoms with Crippen LogP contribution >= 0.6 is 0 Å². The van der Waals surface area contributed by atoms with E-state index in [-0.39, 0.29) is 11.4 Å². The van der Waals surface area contributed by atoms with Gasteiger partial charge in [-0.05, 0) is 55.3 Å². The maximum atomic E-state index is 14.3. The second-order valence-electron chi connectivity index (χ2n) is 6.53. The number of pyridine rings is 1. The first-order valence-electron chi connectivity index (χ1n) is 8.99. The lowest BCUT2D eigenvalue weighted by Crippen LogP contribution is -2.16. The predicted octanol–water partition coefficient (Wildman–Crippen LogP) is 3.75. The van der Waals surface area contributed by atoms with Crippen LogP contribution < -0.4 is 15.8 Å². The van der Waals surface area contributed by atoms with Gasteiger partial charge in [-0.3, -0.25) is 4.79 Å². The van der Waals surface area contributed by atoms with E-state index >= 15 is 0 Å². The second kappa shape index (κ2) is 9.10. The van der Waals surface area contributed by atoms with Gasteiger partial charge in [0.2, 0.25) is 0 Å². The van der Waals surface area contributed by atoms with E-state index in [1.54, 1.807) is 6.07 Å². The summed E-state index contributed by atoms with van der Waals surface area (Å²) < 4.78 is 19.8. The van der Waals surface area contributed by atoms with Crippen molar-refractivity contribution in [1.29, 1.82) is 0 Å². The summed E-state index contributed by atoms with van der Waals surface area (Å²) in [6.45, 7) is 3.45. The molecule has 0 saturated carbocycles. The van der Waals surface area contributed by atoms with Gasteiger partial charge in [0.1, 0.15) is 11.4 Å². The second-order valence-corrected chi connectivity index (χ2v) is 6.53. The minimum absolute atomic E-state index is 0.0946. The Morgan fingerprint density at radius 3 is 2.68 bits per heavy atom. The van der Waals surface area contributed by atoms with Crippen LogP contribution in [0.15, 0.2) is 60.8 Å². The van der Waals surface area contributed by atoms with E-state index in [1.165, 1.54) is 35.5 Å². The van der Waals surface area contributed by atoms with Crippen molar-refractivity contribution in [3.05, 3.63) is 89.0 Å².